The number of carbonyl (C=O) groups is 4. The average molecular weight is 611 g/mol. The predicted molar refractivity (Wildman–Crippen MR) is 155 cm³/mol. The summed E-state index contributed by atoms with van der Waals surface area (Å²) in [4.78, 5) is 50.9. The number of hydrazine groups is 1. The Bertz CT molecular complexity index is 1450. The Kier molecular flexibility index (Phi) is 7.09. The van der Waals surface area contributed by atoms with E-state index in [2.05, 4.69) is 10.9 Å². The first-order valence-electron chi connectivity index (χ1n) is 13.5. The molecule has 0 aromatic heterocycles. The highest BCUT2D eigenvalue weighted by atomic mass is 35.5. The van der Waals surface area contributed by atoms with Crippen molar-refractivity contribution in [3.63, 3.8) is 0 Å². The second-order valence-electron chi connectivity index (χ2n) is 10.6. The molecule has 2 N–H and O–H groups in total. The Morgan fingerprint density at radius 3 is 1.68 bits per heavy atom. The molecule has 41 heavy (non-hydrogen) atoms. The van der Waals surface area contributed by atoms with Crippen LogP contribution in [0, 0.1) is 11.8 Å². The van der Waals surface area contributed by atoms with Crippen molar-refractivity contribution in [1.29, 1.82) is 0 Å². The number of amides is 4. The highest BCUT2D eigenvalue weighted by molar-refractivity contribution is 6.36. The highest BCUT2D eigenvalue weighted by Crippen LogP contribution is 2.69. The van der Waals surface area contributed by atoms with Crippen molar-refractivity contribution >= 4 is 58.4 Å². The molecule has 210 valence electrons. The van der Waals surface area contributed by atoms with Gasteiger partial charge in [-0.1, -0.05) is 66.6 Å². The molecule has 7 nitrogen and oxygen atoms in total. The fourth-order valence-corrected chi connectivity index (χ4v) is 7.76. The van der Waals surface area contributed by atoms with Gasteiger partial charge in [0.05, 0.1) is 11.8 Å². The van der Waals surface area contributed by atoms with Crippen LogP contribution in [0.25, 0.3) is 0 Å². The number of benzene rings is 3. The first kappa shape index (κ1) is 27.8. The number of likely N-dealkylation sites (tertiary alicyclic amines) is 1. The molecule has 0 radical (unpaired) electrons. The molecular weight excluding hydrogens is 585 g/mol. The van der Waals surface area contributed by atoms with E-state index in [4.69, 9.17) is 34.8 Å². The Morgan fingerprint density at radius 1 is 0.707 bits per heavy atom. The summed E-state index contributed by atoms with van der Waals surface area (Å²) in [5.41, 5.74) is 8.23. The molecule has 2 atom stereocenters. The Hall–Kier alpha value is -3.39. The summed E-state index contributed by atoms with van der Waals surface area (Å²) in [7, 11) is 0. The minimum absolute atomic E-state index is 0.175. The highest BCUT2D eigenvalue weighted by Gasteiger charge is 2.72. The molecule has 7 rings (SSSR count). The van der Waals surface area contributed by atoms with Crippen molar-refractivity contribution in [1.82, 2.24) is 15.8 Å². The van der Waals surface area contributed by atoms with E-state index in [1.807, 2.05) is 48.5 Å². The second-order valence-corrected chi connectivity index (χ2v) is 12.2. The van der Waals surface area contributed by atoms with E-state index in [1.165, 1.54) is 4.90 Å². The molecule has 4 aliphatic rings. The fourth-order valence-electron chi connectivity index (χ4n) is 6.54. The third-order valence-corrected chi connectivity index (χ3v) is 9.92. The number of carbonyl (C=O) groups excluding carboxylic acids is 4. The predicted octanol–water partition coefficient (Wildman–Crippen LogP) is 5.25. The molecular formula is C31H26Cl3N3O4. The molecule has 1 aliphatic heterocycles. The zero-order valence-corrected chi connectivity index (χ0v) is 24.1. The lowest BCUT2D eigenvalue weighted by molar-refractivity contribution is -0.140. The lowest BCUT2D eigenvalue weighted by atomic mass is 9.54. The molecule has 3 aliphatic carbocycles. The van der Waals surface area contributed by atoms with Crippen molar-refractivity contribution in [2.75, 3.05) is 6.54 Å². The largest absolute Gasteiger partial charge is 0.282 e. The molecule has 3 aromatic rings. The summed E-state index contributed by atoms with van der Waals surface area (Å²) in [5, 5.41) is 0.508. The summed E-state index contributed by atoms with van der Waals surface area (Å²) < 4.78 is 0. The fraction of sp³-hybridized carbons (Fsp3) is 0.290. The molecule has 0 unspecified atom stereocenters. The number of nitrogens with zero attached hydrogens (tertiary/aromatic N) is 1. The smallest absolute Gasteiger partial charge is 0.269 e. The van der Waals surface area contributed by atoms with Gasteiger partial charge in [0.15, 0.2) is 0 Å². The maximum absolute atomic E-state index is 13.8. The molecule has 4 amide bonds. The van der Waals surface area contributed by atoms with Crippen molar-refractivity contribution in [3.8, 4) is 0 Å². The lowest BCUT2D eigenvalue weighted by Crippen LogP contribution is -2.57. The van der Waals surface area contributed by atoms with E-state index in [0.29, 0.717) is 29.8 Å². The third kappa shape index (κ3) is 4.25. The van der Waals surface area contributed by atoms with Gasteiger partial charge in [0.25, 0.3) is 5.91 Å². The van der Waals surface area contributed by atoms with Crippen LogP contribution in [0.15, 0.2) is 72.8 Å². The first-order valence-corrected chi connectivity index (χ1v) is 14.6. The minimum atomic E-state index is -1.19. The SMILES string of the molecule is O=C(CCCCCN1C(=O)[C@H]2[C@H](C1=O)C1(Cl)c3ccccc3C2(Cl)c2ccccc21)NNC(=O)c1ccc(Cl)cc1. The van der Waals surface area contributed by atoms with E-state index >= 15 is 0 Å². The maximum atomic E-state index is 13.8. The maximum Gasteiger partial charge on any atom is 0.269 e. The van der Waals surface area contributed by atoms with Gasteiger partial charge in [0.2, 0.25) is 17.7 Å². The molecule has 1 saturated heterocycles. The van der Waals surface area contributed by atoms with Crippen LogP contribution >= 0.6 is 34.8 Å². The van der Waals surface area contributed by atoms with Crippen LogP contribution < -0.4 is 10.9 Å². The number of nitrogens with one attached hydrogen (secondary N) is 2. The van der Waals surface area contributed by atoms with E-state index in [-0.39, 0.29) is 30.7 Å². The molecule has 3 aromatic carbocycles. The van der Waals surface area contributed by atoms with Gasteiger partial charge in [-0.3, -0.25) is 34.9 Å². The summed E-state index contributed by atoms with van der Waals surface area (Å²) in [5.74, 6) is -3.04. The quantitative estimate of drug-likeness (QED) is 0.165. The van der Waals surface area contributed by atoms with Crippen molar-refractivity contribution in [2.24, 2.45) is 11.8 Å². The lowest BCUT2D eigenvalue weighted by Gasteiger charge is -2.54. The monoisotopic (exact) mass is 609 g/mol. The zero-order valence-electron chi connectivity index (χ0n) is 21.8. The van der Waals surface area contributed by atoms with E-state index in [1.54, 1.807) is 24.3 Å². The number of imide groups is 1. The summed E-state index contributed by atoms with van der Waals surface area (Å²) in [6.07, 6.45) is 1.81. The zero-order chi connectivity index (χ0) is 28.9. The van der Waals surface area contributed by atoms with Gasteiger partial charge in [0.1, 0.15) is 9.75 Å². The van der Waals surface area contributed by atoms with Gasteiger partial charge >= 0.3 is 0 Å². The summed E-state index contributed by atoms with van der Waals surface area (Å²) >= 11 is 20.7. The second kappa shape index (κ2) is 10.5. The summed E-state index contributed by atoms with van der Waals surface area (Å²) in [6.45, 7) is 0.215. The Morgan fingerprint density at radius 2 is 1.20 bits per heavy atom. The standard InChI is InChI=1S/C31H26Cl3N3O4/c32-19-15-13-18(14-16-19)27(39)36-35-24(38)12-2-1-7-17-37-28(40)25-26(29(37)41)31(34)21-9-4-3-8-20(21)30(25,33)22-10-5-6-11-23(22)31/h3-6,8-11,13-16,25-26H,1-2,7,12,17H2,(H,35,38)(H,36,39)/t25-,26-,30?,31?/m1/s1. The van der Waals surface area contributed by atoms with Crippen LogP contribution in [0.5, 0.6) is 0 Å². The van der Waals surface area contributed by atoms with Crippen LogP contribution in [0.4, 0.5) is 0 Å². The number of alkyl halides is 2. The molecule has 0 spiro atoms. The van der Waals surface area contributed by atoms with Crippen LogP contribution in [0.1, 0.15) is 58.3 Å². The van der Waals surface area contributed by atoms with Gasteiger partial charge < -0.3 is 0 Å². The Balaban J connectivity index is 1.08. The van der Waals surface area contributed by atoms with Gasteiger partial charge in [-0.25, -0.2) is 0 Å². The topological polar surface area (TPSA) is 95.6 Å². The van der Waals surface area contributed by atoms with Crippen molar-refractivity contribution in [2.45, 2.75) is 35.4 Å². The van der Waals surface area contributed by atoms with Gasteiger partial charge in [-0.15, -0.1) is 23.2 Å². The van der Waals surface area contributed by atoms with Crippen molar-refractivity contribution < 1.29 is 19.2 Å². The van der Waals surface area contributed by atoms with E-state index in [9.17, 15) is 19.2 Å². The van der Waals surface area contributed by atoms with Crippen LogP contribution in [-0.2, 0) is 24.1 Å². The van der Waals surface area contributed by atoms with Crippen molar-refractivity contribution in [3.05, 3.63) is 106 Å². The number of unbranched alkanes of at least 4 members (excludes halogenated alkanes) is 2. The van der Waals surface area contributed by atoms with Crippen LogP contribution in [0.3, 0.4) is 0 Å². The molecule has 1 fully saturated rings. The number of halogens is 3. The van der Waals surface area contributed by atoms with Gasteiger partial charge in [-0.05, 0) is 59.4 Å². The van der Waals surface area contributed by atoms with Crippen LogP contribution in [-0.4, -0.2) is 35.1 Å². The molecule has 2 bridgehead atoms. The number of hydrogen-bond acceptors (Lipinski definition) is 4. The first-order chi connectivity index (χ1) is 19.7. The van der Waals surface area contributed by atoms with E-state index < -0.39 is 27.5 Å². The minimum Gasteiger partial charge on any atom is -0.282 e. The normalized spacial score (nSPS) is 25.4. The van der Waals surface area contributed by atoms with Gasteiger partial charge in [-0.2, -0.15) is 0 Å². The summed E-state index contributed by atoms with van der Waals surface area (Å²) in [6, 6.07) is 21.4. The third-order valence-electron chi connectivity index (χ3n) is 8.38. The number of rotatable bonds is 7. The van der Waals surface area contributed by atoms with E-state index in [0.717, 1.165) is 22.3 Å². The average Bonchev–Trinajstić information content (AvgIpc) is 3.25. The Labute approximate surface area is 252 Å². The van der Waals surface area contributed by atoms with Crippen LogP contribution in [0.2, 0.25) is 5.02 Å². The molecule has 1 heterocycles. The number of hydrogen-bond donors (Lipinski definition) is 2. The molecule has 10 heteroatoms. The van der Waals surface area contributed by atoms with Gasteiger partial charge in [0, 0.05) is 23.6 Å². The molecule has 0 saturated carbocycles.